The predicted octanol–water partition coefficient (Wildman–Crippen LogP) is 5.71. The van der Waals surface area contributed by atoms with Crippen LogP contribution in [0.3, 0.4) is 0 Å². The van der Waals surface area contributed by atoms with Crippen molar-refractivity contribution < 1.29 is 8.78 Å². The van der Waals surface area contributed by atoms with Gasteiger partial charge in [-0.2, -0.15) is 0 Å². The molecule has 0 aliphatic heterocycles. The Bertz CT molecular complexity index is 207. The SMILES string of the molecule is CCC(C)(C)CCC(F)C(F)C(C)(CC)CC. The van der Waals surface area contributed by atoms with Gasteiger partial charge in [-0.1, -0.05) is 48.0 Å². The summed E-state index contributed by atoms with van der Waals surface area (Å²) in [6, 6.07) is 0. The second kappa shape index (κ2) is 6.70. The van der Waals surface area contributed by atoms with Crippen LogP contribution in [0.1, 0.15) is 73.6 Å². The van der Waals surface area contributed by atoms with E-state index in [0.717, 1.165) is 12.8 Å². The van der Waals surface area contributed by atoms with E-state index in [1.165, 1.54) is 0 Å². The van der Waals surface area contributed by atoms with Gasteiger partial charge in [0.25, 0.3) is 0 Å². The molecule has 2 unspecified atom stereocenters. The van der Waals surface area contributed by atoms with Crippen LogP contribution in [0.15, 0.2) is 0 Å². The van der Waals surface area contributed by atoms with Crippen LogP contribution in [0.2, 0.25) is 0 Å². The monoisotopic (exact) mass is 248 g/mol. The molecule has 0 aliphatic carbocycles. The fourth-order valence-electron chi connectivity index (χ4n) is 1.93. The Hall–Kier alpha value is -0.140. The van der Waals surface area contributed by atoms with Crippen molar-refractivity contribution in [2.75, 3.05) is 0 Å². The van der Waals surface area contributed by atoms with Crippen molar-refractivity contribution in [3.63, 3.8) is 0 Å². The van der Waals surface area contributed by atoms with Crippen LogP contribution in [-0.4, -0.2) is 12.3 Å². The van der Waals surface area contributed by atoms with E-state index in [0.29, 0.717) is 19.3 Å². The molecular formula is C15H30F2. The van der Waals surface area contributed by atoms with E-state index in [4.69, 9.17) is 0 Å². The first kappa shape index (κ1) is 16.9. The first-order chi connectivity index (χ1) is 7.72. The first-order valence-electron chi connectivity index (χ1n) is 7.00. The zero-order valence-corrected chi connectivity index (χ0v) is 12.4. The summed E-state index contributed by atoms with van der Waals surface area (Å²) in [5.41, 5.74) is -0.380. The summed E-state index contributed by atoms with van der Waals surface area (Å²) in [4.78, 5) is 0. The molecule has 0 fully saturated rings. The van der Waals surface area contributed by atoms with Gasteiger partial charge in [0.15, 0.2) is 0 Å². The molecule has 0 bridgehead atoms. The van der Waals surface area contributed by atoms with Crippen molar-refractivity contribution in [1.29, 1.82) is 0 Å². The molecule has 0 aromatic heterocycles. The first-order valence-corrected chi connectivity index (χ1v) is 7.00. The standard InChI is InChI=1S/C15H30F2/c1-7-14(4,5)11-10-12(16)13(17)15(6,8-2)9-3/h12-13H,7-11H2,1-6H3. The predicted molar refractivity (Wildman–Crippen MR) is 71.8 cm³/mol. The van der Waals surface area contributed by atoms with Gasteiger partial charge in [-0.25, -0.2) is 8.78 Å². The second-order valence-electron chi connectivity index (χ2n) is 6.34. The molecule has 0 radical (unpaired) electrons. The Balaban J connectivity index is 4.36. The summed E-state index contributed by atoms with van der Waals surface area (Å²) < 4.78 is 28.1. The van der Waals surface area contributed by atoms with Gasteiger partial charge in [0.2, 0.25) is 0 Å². The highest BCUT2D eigenvalue weighted by Crippen LogP contribution is 2.37. The van der Waals surface area contributed by atoms with Crippen LogP contribution < -0.4 is 0 Å². The Labute approximate surface area is 106 Å². The van der Waals surface area contributed by atoms with E-state index >= 15 is 0 Å². The zero-order valence-electron chi connectivity index (χ0n) is 12.4. The van der Waals surface area contributed by atoms with Crippen LogP contribution in [0, 0.1) is 10.8 Å². The quantitative estimate of drug-likeness (QED) is 0.516. The number of rotatable bonds is 8. The minimum absolute atomic E-state index is 0.124. The summed E-state index contributed by atoms with van der Waals surface area (Å²) >= 11 is 0. The Morgan fingerprint density at radius 3 is 1.71 bits per heavy atom. The summed E-state index contributed by atoms with van der Waals surface area (Å²) in [6.45, 7) is 12.1. The fraction of sp³-hybridized carbons (Fsp3) is 1.00. The highest BCUT2D eigenvalue weighted by Gasteiger charge is 2.37. The fourth-order valence-corrected chi connectivity index (χ4v) is 1.93. The summed E-state index contributed by atoms with van der Waals surface area (Å²) in [7, 11) is 0. The van der Waals surface area contributed by atoms with Gasteiger partial charge in [-0.05, 0) is 31.1 Å². The van der Waals surface area contributed by atoms with E-state index in [1.54, 1.807) is 0 Å². The molecule has 0 amide bonds. The van der Waals surface area contributed by atoms with Gasteiger partial charge in [0, 0.05) is 5.41 Å². The lowest BCUT2D eigenvalue weighted by Crippen LogP contribution is -2.36. The molecule has 0 saturated carbocycles. The summed E-state index contributed by atoms with van der Waals surface area (Å²) in [5.74, 6) is 0. The third-order valence-corrected chi connectivity index (χ3v) is 4.65. The second-order valence-corrected chi connectivity index (χ2v) is 6.34. The number of alkyl halides is 2. The lowest BCUT2D eigenvalue weighted by molar-refractivity contribution is 0.0293. The highest BCUT2D eigenvalue weighted by atomic mass is 19.2. The van der Waals surface area contributed by atoms with E-state index in [9.17, 15) is 8.78 Å². The molecule has 0 aromatic rings. The van der Waals surface area contributed by atoms with E-state index < -0.39 is 17.8 Å². The van der Waals surface area contributed by atoms with Gasteiger partial charge in [0.05, 0.1) is 0 Å². The van der Waals surface area contributed by atoms with E-state index in [1.807, 2.05) is 20.8 Å². The molecule has 0 aliphatic rings. The molecule has 0 nitrogen and oxygen atoms in total. The molecule has 0 aromatic carbocycles. The topological polar surface area (TPSA) is 0 Å². The molecule has 17 heavy (non-hydrogen) atoms. The Morgan fingerprint density at radius 2 is 1.35 bits per heavy atom. The lowest BCUT2D eigenvalue weighted by Gasteiger charge is -2.33. The minimum atomic E-state index is -1.33. The van der Waals surface area contributed by atoms with Gasteiger partial charge in [-0.15, -0.1) is 0 Å². The number of halogens is 2. The largest absolute Gasteiger partial charge is 0.244 e. The van der Waals surface area contributed by atoms with Crippen molar-refractivity contribution in [2.45, 2.75) is 86.0 Å². The normalized spacial score (nSPS) is 16.9. The third kappa shape index (κ3) is 4.93. The number of hydrogen-bond donors (Lipinski definition) is 0. The van der Waals surface area contributed by atoms with Crippen molar-refractivity contribution >= 4 is 0 Å². The molecule has 0 spiro atoms. The lowest BCUT2D eigenvalue weighted by atomic mass is 9.76. The maximum atomic E-state index is 14.1. The van der Waals surface area contributed by atoms with Gasteiger partial charge in [0.1, 0.15) is 12.3 Å². The third-order valence-electron chi connectivity index (χ3n) is 4.65. The molecule has 2 heteroatoms. The average Bonchev–Trinajstić information content (AvgIpc) is 2.34. The molecular weight excluding hydrogens is 218 g/mol. The summed E-state index contributed by atoms with van der Waals surface area (Å²) in [5, 5.41) is 0. The van der Waals surface area contributed by atoms with Gasteiger partial charge >= 0.3 is 0 Å². The maximum Gasteiger partial charge on any atom is 0.136 e. The van der Waals surface area contributed by atoms with E-state index in [-0.39, 0.29) is 5.41 Å². The smallest absolute Gasteiger partial charge is 0.136 e. The van der Waals surface area contributed by atoms with Gasteiger partial charge in [-0.3, -0.25) is 0 Å². The Kier molecular flexibility index (Phi) is 6.65. The van der Waals surface area contributed by atoms with Crippen molar-refractivity contribution in [1.82, 2.24) is 0 Å². The van der Waals surface area contributed by atoms with Crippen LogP contribution in [0.5, 0.6) is 0 Å². The van der Waals surface area contributed by atoms with Crippen LogP contribution in [0.4, 0.5) is 8.78 Å². The molecule has 0 rings (SSSR count). The minimum Gasteiger partial charge on any atom is -0.244 e. The Morgan fingerprint density at radius 1 is 0.882 bits per heavy atom. The van der Waals surface area contributed by atoms with Crippen LogP contribution in [-0.2, 0) is 0 Å². The average molecular weight is 248 g/mol. The molecule has 2 atom stereocenters. The van der Waals surface area contributed by atoms with Gasteiger partial charge < -0.3 is 0 Å². The summed E-state index contributed by atoms with van der Waals surface area (Å²) in [6.07, 6.45) is 0.863. The maximum absolute atomic E-state index is 14.1. The van der Waals surface area contributed by atoms with Crippen molar-refractivity contribution in [2.24, 2.45) is 10.8 Å². The van der Waals surface area contributed by atoms with Crippen molar-refractivity contribution in [3.05, 3.63) is 0 Å². The molecule has 0 heterocycles. The zero-order chi connectivity index (χ0) is 13.7. The highest BCUT2D eigenvalue weighted by molar-refractivity contribution is 4.86. The molecule has 0 N–H and O–H groups in total. The van der Waals surface area contributed by atoms with Crippen LogP contribution in [0.25, 0.3) is 0 Å². The number of hydrogen-bond acceptors (Lipinski definition) is 0. The molecule has 104 valence electrons. The molecule has 0 saturated heterocycles. The van der Waals surface area contributed by atoms with Crippen molar-refractivity contribution in [3.8, 4) is 0 Å². The van der Waals surface area contributed by atoms with Crippen LogP contribution >= 0.6 is 0 Å². The van der Waals surface area contributed by atoms with E-state index in [2.05, 4.69) is 20.8 Å².